The molecule has 1 aromatic heterocycles. The fourth-order valence-corrected chi connectivity index (χ4v) is 2.03. The summed E-state index contributed by atoms with van der Waals surface area (Å²) in [7, 11) is 1.58. The second-order valence-corrected chi connectivity index (χ2v) is 5.39. The van der Waals surface area contributed by atoms with Crippen LogP contribution in [0.2, 0.25) is 0 Å². The molecule has 0 spiro atoms. The molecule has 0 aliphatic rings. The predicted molar refractivity (Wildman–Crippen MR) is 75.7 cm³/mol. The normalized spacial score (nSPS) is 11.9. The molecule has 0 aliphatic carbocycles. The quantitative estimate of drug-likeness (QED) is 0.789. The van der Waals surface area contributed by atoms with Crippen LogP contribution in [0, 0.1) is 6.92 Å². The molecular formula is C12H19N3O4S. The van der Waals surface area contributed by atoms with Crippen molar-refractivity contribution in [3.8, 4) is 0 Å². The fourth-order valence-electron chi connectivity index (χ4n) is 1.56. The second kappa shape index (κ2) is 7.78. The number of aliphatic carboxylic acids is 1. The van der Waals surface area contributed by atoms with E-state index in [1.54, 1.807) is 20.0 Å². The van der Waals surface area contributed by atoms with E-state index in [4.69, 9.17) is 9.63 Å². The number of aromatic nitrogens is 1. The minimum absolute atomic E-state index is 0.262. The van der Waals surface area contributed by atoms with Crippen LogP contribution in [-0.4, -0.2) is 52.3 Å². The van der Waals surface area contributed by atoms with E-state index in [1.165, 1.54) is 16.7 Å². The van der Waals surface area contributed by atoms with E-state index in [9.17, 15) is 9.59 Å². The Morgan fingerprint density at radius 1 is 1.60 bits per heavy atom. The minimum Gasteiger partial charge on any atom is -0.480 e. The highest BCUT2D eigenvalue weighted by atomic mass is 32.2. The van der Waals surface area contributed by atoms with Crippen LogP contribution in [0.4, 0.5) is 4.79 Å². The van der Waals surface area contributed by atoms with Gasteiger partial charge in [-0.15, -0.1) is 0 Å². The standard InChI is InChI=1S/C12H19N3O4S/c1-8-6-9(14-19-8)7-15(2)12(18)13-10(11(16)17)4-5-20-3/h6,10H,4-5,7H2,1-3H3,(H,13,18)(H,16,17). The van der Waals surface area contributed by atoms with Gasteiger partial charge in [0.05, 0.1) is 6.54 Å². The summed E-state index contributed by atoms with van der Waals surface area (Å²) in [5.74, 6) is 0.305. The lowest BCUT2D eigenvalue weighted by atomic mass is 10.2. The summed E-state index contributed by atoms with van der Waals surface area (Å²) in [6, 6.07) is 0.405. The summed E-state index contributed by atoms with van der Waals surface area (Å²) in [6.45, 7) is 2.03. The molecule has 7 nitrogen and oxygen atoms in total. The van der Waals surface area contributed by atoms with Gasteiger partial charge in [-0.2, -0.15) is 11.8 Å². The monoisotopic (exact) mass is 301 g/mol. The van der Waals surface area contributed by atoms with Crippen LogP contribution in [0.25, 0.3) is 0 Å². The molecule has 0 saturated heterocycles. The number of thioether (sulfide) groups is 1. The van der Waals surface area contributed by atoms with Gasteiger partial charge in [0, 0.05) is 13.1 Å². The first kappa shape index (κ1) is 16.4. The van der Waals surface area contributed by atoms with Crippen molar-refractivity contribution < 1.29 is 19.2 Å². The average Bonchev–Trinajstić information content (AvgIpc) is 2.79. The third kappa shape index (κ3) is 5.12. The minimum atomic E-state index is -1.03. The van der Waals surface area contributed by atoms with Crippen molar-refractivity contribution in [2.24, 2.45) is 0 Å². The van der Waals surface area contributed by atoms with Crippen molar-refractivity contribution in [3.63, 3.8) is 0 Å². The lowest BCUT2D eigenvalue weighted by Crippen LogP contribution is -2.46. The molecule has 1 atom stereocenters. The van der Waals surface area contributed by atoms with E-state index in [0.29, 0.717) is 23.6 Å². The first-order chi connectivity index (χ1) is 9.43. The first-order valence-electron chi connectivity index (χ1n) is 6.09. The first-order valence-corrected chi connectivity index (χ1v) is 7.49. The summed E-state index contributed by atoms with van der Waals surface area (Å²) in [6.07, 6.45) is 2.28. The predicted octanol–water partition coefficient (Wildman–Crippen LogP) is 1.33. The molecule has 0 fully saturated rings. The summed E-state index contributed by atoms with van der Waals surface area (Å²) in [4.78, 5) is 24.3. The number of amides is 2. The van der Waals surface area contributed by atoms with E-state index >= 15 is 0 Å². The average molecular weight is 301 g/mol. The molecule has 1 rings (SSSR count). The van der Waals surface area contributed by atoms with Gasteiger partial charge < -0.3 is 19.8 Å². The van der Waals surface area contributed by atoms with Gasteiger partial charge in [-0.25, -0.2) is 9.59 Å². The van der Waals surface area contributed by atoms with Crippen LogP contribution in [0.5, 0.6) is 0 Å². The second-order valence-electron chi connectivity index (χ2n) is 4.41. The number of hydrogen-bond acceptors (Lipinski definition) is 5. The van der Waals surface area contributed by atoms with E-state index in [2.05, 4.69) is 10.5 Å². The van der Waals surface area contributed by atoms with Gasteiger partial charge in [0.15, 0.2) is 0 Å². The summed E-state index contributed by atoms with van der Waals surface area (Å²) in [5, 5.41) is 15.3. The molecule has 2 amide bonds. The summed E-state index contributed by atoms with van der Waals surface area (Å²) < 4.78 is 4.91. The van der Waals surface area contributed by atoms with Crippen molar-refractivity contribution >= 4 is 23.8 Å². The molecule has 0 aromatic carbocycles. The molecule has 8 heteroatoms. The molecule has 0 aliphatic heterocycles. The Morgan fingerprint density at radius 3 is 2.80 bits per heavy atom. The summed E-state index contributed by atoms with van der Waals surface area (Å²) in [5.41, 5.74) is 0.621. The van der Waals surface area contributed by atoms with E-state index < -0.39 is 18.0 Å². The van der Waals surface area contributed by atoms with Gasteiger partial charge in [0.25, 0.3) is 0 Å². The Hall–Kier alpha value is -1.70. The highest BCUT2D eigenvalue weighted by Crippen LogP contribution is 2.06. The molecule has 1 aromatic rings. The number of carbonyl (C=O) groups excluding carboxylic acids is 1. The van der Waals surface area contributed by atoms with Crippen LogP contribution < -0.4 is 5.32 Å². The van der Waals surface area contributed by atoms with Crippen LogP contribution in [-0.2, 0) is 11.3 Å². The van der Waals surface area contributed by atoms with E-state index in [0.717, 1.165) is 0 Å². The molecule has 1 unspecified atom stereocenters. The smallest absolute Gasteiger partial charge is 0.326 e. The number of hydrogen-bond donors (Lipinski definition) is 2. The Morgan fingerprint density at radius 2 is 2.30 bits per heavy atom. The lowest BCUT2D eigenvalue weighted by molar-refractivity contribution is -0.139. The molecule has 112 valence electrons. The van der Waals surface area contributed by atoms with Crippen molar-refractivity contribution in [2.45, 2.75) is 25.9 Å². The molecule has 0 radical (unpaired) electrons. The largest absolute Gasteiger partial charge is 0.480 e. The number of carbonyl (C=O) groups is 2. The Balaban J connectivity index is 2.52. The zero-order valence-corrected chi connectivity index (χ0v) is 12.6. The molecule has 1 heterocycles. The highest BCUT2D eigenvalue weighted by molar-refractivity contribution is 7.98. The zero-order valence-electron chi connectivity index (χ0n) is 11.8. The van der Waals surface area contributed by atoms with Crippen molar-refractivity contribution in [2.75, 3.05) is 19.1 Å². The highest BCUT2D eigenvalue weighted by Gasteiger charge is 2.21. The van der Waals surface area contributed by atoms with E-state index in [-0.39, 0.29) is 6.54 Å². The van der Waals surface area contributed by atoms with Gasteiger partial charge in [-0.3, -0.25) is 0 Å². The molecule has 20 heavy (non-hydrogen) atoms. The van der Waals surface area contributed by atoms with Crippen molar-refractivity contribution in [1.82, 2.24) is 15.4 Å². The van der Waals surface area contributed by atoms with Gasteiger partial charge in [0.2, 0.25) is 0 Å². The van der Waals surface area contributed by atoms with Gasteiger partial charge in [-0.1, -0.05) is 5.16 Å². The summed E-state index contributed by atoms with van der Waals surface area (Å²) >= 11 is 1.54. The Labute approximate surface area is 121 Å². The number of rotatable bonds is 7. The molecule has 0 bridgehead atoms. The molecule has 2 N–H and O–H groups in total. The zero-order chi connectivity index (χ0) is 15.1. The number of aryl methyl sites for hydroxylation is 1. The molecular weight excluding hydrogens is 282 g/mol. The molecule has 0 saturated carbocycles. The van der Waals surface area contributed by atoms with Crippen molar-refractivity contribution in [3.05, 3.63) is 17.5 Å². The number of nitrogens with zero attached hydrogens (tertiary/aromatic N) is 2. The van der Waals surface area contributed by atoms with Gasteiger partial charge in [0.1, 0.15) is 17.5 Å². The topological polar surface area (TPSA) is 95.7 Å². The van der Waals surface area contributed by atoms with Gasteiger partial charge >= 0.3 is 12.0 Å². The fraction of sp³-hybridized carbons (Fsp3) is 0.583. The third-order valence-electron chi connectivity index (χ3n) is 2.63. The number of nitrogens with one attached hydrogen (secondary N) is 1. The number of urea groups is 1. The van der Waals surface area contributed by atoms with E-state index in [1.807, 2.05) is 6.26 Å². The van der Waals surface area contributed by atoms with Crippen LogP contribution in [0.1, 0.15) is 17.9 Å². The van der Waals surface area contributed by atoms with Gasteiger partial charge in [-0.05, 0) is 25.4 Å². The van der Waals surface area contributed by atoms with Crippen LogP contribution in [0.3, 0.4) is 0 Å². The third-order valence-corrected chi connectivity index (χ3v) is 3.27. The maximum absolute atomic E-state index is 11.9. The SMILES string of the molecule is CSCCC(NC(=O)N(C)Cc1cc(C)on1)C(=O)O. The Kier molecular flexibility index (Phi) is 6.37. The number of carboxylic acids is 1. The Bertz CT molecular complexity index is 463. The maximum atomic E-state index is 11.9. The number of carboxylic acid groups (broad SMARTS) is 1. The maximum Gasteiger partial charge on any atom is 0.326 e. The van der Waals surface area contributed by atoms with Crippen LogP contribution in [0.15, 0.2) is 10.6 Å². The van der Waals surface area contributed by atoms with Crippen LogP contribution >= 0.6 is 11.8 Å². The lowest BCUT2D eigenvalue weighted by Gasteiger charge is -2.20. The van der Waals surface area contributed by atoms with Crippen molar-refractivity contribution in [1.29, 1.82) is 0 Å².